The molecule has 5 heteroatoms. The fourth-order valence-corrected chi connectivity index (χ4v) is 2.79. The van der Waals surface area contributed by atoms with Crippen LogP contribution in [0, 0.1) is 6.92 Å². The van der Waals surface area contributed by atoms with E-state index in [2.05, 4.69) is 9.97 Å². The number of nitrogens with zero attached hydrogens (tertiary/aromatic N) is 2. The van der Waals surface area contributed by atoms with E-state index >= 15 is 0 Å². The molecule has 0 saturated carbocycles. The van der Waals surface area contributed by atoms with Gasteiger partial charge in [0.2, 0.25) is 0 Å². The Labute approximate surface area is 116 Å². The molecule has 94 valence electrons. The first-order valence-corrected chi connectivity index (χ1v) is 6.86. The smallest absolute Gasteiger partial charge is 0.188 e. The van der Waals surface area contributed by atoms with Gasteiger partial charge in [0.15, 0.2) is 5.16 Å². The molecule has 1 atom stereocenters. The van der Waals surface area contributed by atoms with Crippen LogP contribution in [0.3, 0.4) is 0 Å². The number of benzene rings is 1. The summed E-state index contributed by atoms with van der Waals surface area (Å²) in [6.45, 7) is 2.45. The lowest BCUT2D eigenvalue weighted by atomic mass is 10.1. The predicted molar refractivity (Wildman–Crippen MR) is 75.9 cm³/mol. The fourth-order valence-electron chi connectivity index (χ4n) is 1.54. The van der Waals surface area contributed by atoms with Crippen LogP contribution in [0.25, 0.3) is 0 Å². The minimum Gasteiger partial charge on any atom is -0.329 e. The van der Waals surface area contributed by atoms with Crippen LogP contribution < -0.4 is 5.73 Å². The molecule has 2 rings (SSSR count). The van der Waals surface area contributed by atoms with Crippen molar-refractivity contribution in [3.63, 3.8) is 0 Å². The van der Waals surface area contributed by atoms with Gasteiger partial charge in [0, 0.05) is 24.0 Å². The molecule has 0 radical (unpaired) electrons. The van der Waals surface area contributed by atoms with Crippen molar-refractivity contribution in [2.75, 3.05) is 6.54 Å². The molecule has 0 bridgehead atoms. The van der Waals surface area contributed by atoms with Crippen molar-refractivity contribution in [3.8, 4) is 0 Å². The Bertz CT molecular complexity index is 516. The minimum absolute atomic E-state index is 0.0707. The Morgan fingerprint density at radius 3 is 2.56 bits per heavy atom. The molecular weight excluding hydrogens is 266 g/mol. The van der Waals surface area contributed by atoms with Gasteiger partial charge < -0.3 is 5.73 Å². The topological polar surface area (TPSA) is 51.8 Å². The molecule has 0 aliphatic carbocycles. The molecular formula is C13H14ClN3S. The number of nitrogens with two attached hydrogens (primary N) is 1. The molecule has 0 aliphatic rings. The van der Waals surface area contributed by atoms with Crippen molar-refractivity contribution < 1.29 is 0 Å². The first-order chi connectivity index (χ1) is 8.70. The van der Waals surface area contributed by atoms with Gasteiger partial charge in [-0.2, -0.15) is 0 Å². The van der Waals surface area contributed by atoms with E-state index in [0.717, 1.165) is 21.3 Å². The van der Waals surface area contributed by atoms with Gasteiger partial charge in [0.25, 0.3) is 0 Å². The van der Waals surface area contributed by atoms with Crippen LogP contribution in [0.4, 0.5) is 0 Å². The van der Waals surface area contributed by atoms with Gasteiger partial charge in [0.05, 0.1) is 5.25 Å². The van der Waals surface area contributed by atoms with Gasteiger partial charge in [-0.25, -0.2) is 9.97 Å². The van der Waals surface area contributed by atoms with Crippen molar-refractivity contribution in [2.24, 2.45) is 5.73 Å². The highest BCUT2D eigenvalue weighted by Crippen LogP contribution is 2.35. The third-order valence-corrected chi connectivity index (χ3v) is 3.97. The molecule has 1 aromatic carbocycles. The lowest BCUT2D eigenvalue weighted by molar-refractivity contribution is 0.903. The Morgan fingerprint density at radius 1 is 1.28 bits per heavy atom. The standard InChI is InChI=1S/C13H14ClN3S/c1-9-7-16-13(17-8-9)18-12(6-15)10-4-2-3-5-11(10)14/h2-5,7-8,12H,6,15H2,1H3. The second-order valence-corrected chi connectivity index (χ2v) is 5.48. The SMILES string of the molecule is Cc1cnc(SC(CN)c2ccccc2Cl)nc1. The first-order valence-electron chi connectivity index (χ1n) is 5.60. The lowest BCUT2D eigenvalue weighted by Crippen LogP contribution is -2.10. The van der Waals surface area contributed by atoms with Crippen LogP contribution in [-0.2, 0) is 0 Å². The summed E-state index contributed by atoms with van der Waals surface area (Å²) in [5.41, 5.74) is 7.88. The molecule has 0 spiro atoms. The van der Waals surface area contributed by atoms with Crippen molar-refractivity contribution in [3.05, 3.63) is 52.8 Å². The summed E-state index contributed by atoms with van der Waals surface area (Å²) >= 11 is 7.71. The Kier molecular flexibility index (Phi) is 4.58. The number of thioether (sulfide) groups is 1. The van der Waals surface area contributed by atoms with Crippen LogP contribution >= 0.6 is 23.4 Å². The van der Waals surface area contributed by atoms with Crippen molar-refractivity contribution in [2.45, 2.75) is 17.3 Å². The number of hydrogen-bond donors (Lipinski definition) is 1. The number of aryl methyl sites for hydroxylation is 1. The average molecular weight is 280 g/mol. The summed E-state index contributed by atoms with van der Waals surface area (Å²) in [6, 6.07) is 7.73. The highest BCUT2D eigenvalue weighted by molar-refractivity contribution is 7.99. The summed E-state index contributed by atoms with van der Waals surface area (Å²) in [5, 5.41) is 1.52. The molecule has 2 aromatic rings. The zero-order valence-electron chi connectivity index (χ0n) is 10.0. The van der Waals surface area contributed by atoms with E-state index < -0.39 is 0 Å². The Morgan fingerprint density at radius 2 is 1.94 bits per heavy atom. The van der Waals surface area contributed by atoms with Crippen LogP contribution in [0.5, 0.6) is 0 Å². The fraction of sp³-hybridized carbons (Fsp3) is 0.231. The molecule has 0 saturated heterocycles. The molecule has 18 heavy (non-hydrogen) atoms. The maximum atomic E-state index is 6.18. The number of rotatable bonds is 4. The molecule has 0 amide bonds. The zero-order valence-corrected chi connectivity index (χ0v) is 11.6. The maximum Gasteiger partial charge on any atom is 0.188 e. The highest BCUT2D eigenvalue weighted by atomic mass is 35.5. The molecule has 1 heterocycles. The quantitative estimate of drug-likeness (QED) is 0.690. The Balaban J connectivity index is 2.20. The summed E-state index contributed by atoms with van der Waals surface area (Å²) in [4.78, 5) is 8.55. The second kappa shape index (κ2) is 6.18. The van der Waals surface area contributed by atoms with Crippen LogP contribution in [0.1, 0.15) is 16.4 Å². The first kappa shape index (κ1) is 13.3. The van der Waals surface area contributed by atoms with Gasteiger partial charge in [-0.3, -0.25) is 0 Å². The van der Waals surface area contributed by atoms with Gasteiger partial charge in [-0.05, 0) is 24.1 Å². The van der Waals surface area contributed by atoms with Crippen LogP contribution in [0.2, 0.25) is 5.02 Å². The van der Waals surface area contributed by atoms with Gasteiger partial charge in [-0.1, -0.05) is 41.6 Å². The lowest BCUT2D eigenvalue weighted by Gasteiger charge is -2.15. The highest BCUT2D eigenvalue weighted by Gasteiger charge is 2.15. The van der Waals surface area contributed by atoms with Gasteiger partial charge in [0.1, 0.15) is 0 Å². The predicted octanol–water partition coefficient (Wildman–Crippen LogP) is 3.23. The third kappa shape index (κ3) is 3.22. The molecule has 2 N–H and O–H groups in total. The summed E-state index contributed by atoms with van der Waals surface area (Å²) in [6.07, 6.45) is 3.60. The Hall–Kier alpha value is -1.10. The summed E-state index contributed by atoms with van der Waals surface area (Å²) in [7, 11) is 0. The second-order valence-electron chi connectivity index (χ2n) is 3.91. The maximum absolute atomic E-state index is 6.18. The van der Waals surface area contributed by atoms with E-state index in [1.54, 1.807) is 12.4 Å². The number of aromatic nitrogens is 2. The van der Waals surface area contributed by atoms with Gasteiger partial charge in [-0.15, -0.1) is 0 Å². The normalized spacial score (nSPS) is 12.4. The van der Waals surface area contributed by atoms with E-state index in [9.17, 15) is 0 Å². The number of hydrogen-bond acceptors (Lipinski definition) is 4. The zero-order chi connectivity index (χ0) is 13.0. The van der Waals surface area contributed by atoms with Gasteiger partial charge >= 0.3 is 0 Å². The molecule has 0 fully saturated rings. The third-order valence-electron chi connectivity index (χ3n) is 2.47. The van der Waals surface area contributed by atoms with E-state index in [4.69, 9.17) is 17.3 Å². The molecule has 1 unspecified atom stereocenters. The monoisotopic (exact) mass is 279 g/mol. The summed E-state index contributed by atoms with van der Waals surface area (Å²) < 4.78 is 0. The summed E-state index contributed by atoms with van der Waals surface area (Å²) in [5.74, 6) is 0. The van der Waals surface area contributed by atoms with E-state index in [1.165, 1.54) is 11.8 Å². The van der Waals surface area contributed by atoms with Crippen LogP contribution in [0.15, 0.2) is 41.8 Å². The van der Waals surface area contributed by atoms with Crippen LogP contribution in [-0.4, -0.2) is 16.5 Å². The molecule has 1 aromatic heterocycles. The van der Waals surface area contributed by atoms with E-state index in [-0.39, 0.29) is 5.25 Å². The minimum atomic E-state index is 0.0707. The van der Waals surface area contributed by atoms with Crippen molar-refractivity contribution >= 4 is 23.4 Å². The number of halogens is 1. The molecule has 3 nitrogen and oxygen atoms in total. The van der Waals surface area contributed by atoms with E-state index in [1.807, 2.05) is 31.2 Å². The largest absolute Gasteiger partial charge is 0.329 e. The van der Waals surface area contributed by atoms with Crippen molar-refractivity contribution in [1.82, 2.24) is 9.97 Å². The van der Waals surface area contributed by atoms with E-state index in [0.29, 0.717) is 6.54 Å². The van der Waals surface area contributed by atoms with Crippen molar-refractivity contribution in [1.29, 1.82) is 0 Å². The molecule has 0 aliphatic heterocycles. The average Bonchev–Trinajstić information content (AvgIpc) is 2.39.